The van der Waals surface area contributed by atoms with E-state index in [0.717, 1.165) is 21.5 Å². The van der Waals surface area contributed by atoms with Crippen LogP contribution in [0.3, 0.4) is 0 Å². The van der Waals surface area contributed by atoms with Crippen molar-refractivity contribution in [3.8, 4) is 12.1 Å². The summed E-state index contributed by atoms with van der Waals surface area (Å²) < 4.78 is 0. The zero-order valence-corrected chi connectivity index (χ0v) is 11.4. The molecular formula is C19H8N2O. The van der Waals surface area contributed by atoms with Gasteiger partial charge in [0.15, 0.2) is 5.43 Å². The van der Waals surface area contributed by atoms with Crippen LogP contribution in [0.4, 0.5) is 0 Å². The van der Waals surface area contributed by atoms with Crippen LogP contribution < -0.4 is 10.6 Å². The highest BCUT2D eigenvalue weighted by atomic mass is 16.1. The molecule has 0 heterocycles. The van der Waals surface area contributed by atoms with Gasteiger partial charge < -0.3 is 0 Å². The lowest BCUT2D eigenvalue weighted by Crippen LogP contribution is -2.21. The molecule has 0 atom stereocenters. The quantitative estimate of drug-likeness (QED) is 0.465. The molecule has 0 unspecified atom stereocenters. The van der Waals surface area contributed by atoms with Gasteiger partial charge in [-0.05, 0) is 27.6 Å². The van der Waals surface area contributed by atoms with Gasteiger partial charge in [0, 0.05) is 10.8 Å². The molecule has 3 nitrogen and oxygen atoms in total. The van der Waals surface area contributed by atoms with Crippen molar-refractivity contribution in [2.45, 2.75) is 0 Å². The normalized spacial score (nSPS) is 10.8. The fourth-order valence-electron chi connectivity index (χ4n) is 3.20. The maximum atomic E-state index is 12.9. The number of hydrogen-bond donors (Lipinski definition) is 0. The molecule has 0 aromatic heterocycles. The fourth-order valence-corrected chi connectivity index (χ4v) is 3.20. The summed E-state index contributed by atoms with van der Waals surface area (Å²) in [6, 6.07) is 19.0. The van der Waals surface area contributed by atoms with Gasteiger partial charge in [-0.3, -0.25) is 4.79 Å². The second-order valence-corrected chi connectivity index (χ2v) is 5.18. The Labute approximate surface area is 125 Å². The van der Waals surface area contributed by atoms with Crippen molar-refractivity contribution in [2.75, 3.05) is 0 Å². The van der Waals surface area contributed by atoms with E-state index in [1.807, 2.05) is 54.6 Å². The molecule has 4 rings (SSSR count). The number of benzene rings is 3. The van der Waals surface area contributed by atoms with Crippen LogP contribution >= 0.6 is 0 Å². The van der Waals surface area contributed by atoms with Crippen LogP contribution in [0.25, 0.3) is 37.9 Å². The van der Waals surface area contributed by atoms with Gasteiger partial charge in [0.1, 0.15) is 17.7 Å². The Morgan fingerprint density at radius 2 is 1.50 bits per heavy atom. The van der Waals surface area contributed by atoms with Crippen LogP contribution in [0.15, 0.2) is 53.3 Å². The van der Waals surface area contributed by atoms with Gasteiger partial charge in [-0.1, -0.05) is 42.5 Å². The molecule has 0 amide bonds. The van der Waals surface area contributed by atoms with Crippen LogP contribution in [0.1, 0.15) is 0 Å². The molecule has 0 saturated heterocycles. The van der Waals surface area contributed by atoms with E-state index in [2.05, 4.69) is 0 Å². The van der Waals surface area contributed by atoms with Crippen molar-refractivity contribution in [1.29, 1.82) is 10.5 Å². The summed E-state index contributed by atoms with van der Waals surface area (Å²) in [6.07, 6.45) is 0. The summed E-state index contributed by atoms with van der Waals surface area (Å²) in [5.41, 5.74) is -0.362. The third-order valence-electron chi connectivity index (χ3n) is 4.08. The smallest absolute Gasteiger partial charge is 0.196 e. The van der Waals surface area contributed by atoms with Crippen molar-refractivity contribution in [3.63, 3.8) is 0 Å². The minimum Gasteiger partial charge on any atom is -0.288 e. The molecular weight excluding hydrogens is 272 g/mol. The van der Waals surface area contributed by atoms with Crippen molar-refractivity contribution >= 4 is 37.9 Å². The molecule has 100 valence electrons. The SMILES string of the molecule is N#CC(C#N)=c1c(=O)c2c3ccccc3cc3cccc1c32. The van der Waals surface area contributed by atoms with Crippen LogP contribution in [0, 0.1) is 22.7 Å². The molecule has 0 fully saturated rings. The first-order valence-corrected chi connectivity index (χ1v) is 6.80. The van der Waals surface area contributed by atoms with Crippen molar-refractivity contribution in [3.05, 3.63) is 64.0 Å². The standard InChI is InChI=1S/C19H8N2O/c20-9-13(10-21)17-15-7-3-5-12-8-11-4-1-2-6-14(11)18(16(12)15)19(17)22/h1-8H. The zero-order chi connectivity index (χ0) is 15.3. The lowest BCUT2D eigenvalue weighted by atomic mass is 10.00. The molecule has 0 saturated carbocycles. The summed E-state index contributed by atoms with van der Waals surface area (Å²) in [5.74, 6) is 0. The highest BCUT2D eigenvalue weighted by Crippen LogP contribution is 2.30. The van der Waals surface area contributed by atoms with Gasteiger partial charge in [-0.2, -0.15) is 10.5 Å². The third kappa shape index (κ3) is 1.40. The van der Waals surface area contributed by atoms with E-state index >= 15 is 0 Å². The average Bonchev–Trinajstić information content (AvgIpc) is 2.85. The molecule has 4 aromatic carbocycles. The van der Waals surface area contributed by atoms with Gasteiger partial charge in [0.25, 0.3) is 0 Å². The summed E-state index contributed by atoms with van der Waals surface area (Å²) in [5, 5.41) is 23.5. The van der Waals surface area contributed by atoms with Crippen LogP contribution in [-0.2, 0) is 0 Å². The average molecular weight is 280 g/mol. The second-order valence-electron chi connectivity index (χ2n) is 5.18. The molecule has 0 N–H and O–H groups in total. The van der Waals surface area contributed by atoms with E-state index in [-0.39, 0.29) is 16.2 Å². The Kier molecular flexibility index (Phi) is 2.40. The van der Waals surface area contributed by atoms with Crippen molar-refractivity contribution in [1.82, 2.24) is 0 Å². The van der Waals surface area contributed by atoms with E-state index in [1.54, 1.807) is 6.07 Å². The monoisotopic (exact) mass is 280 g/mol. The molecule has 0 spiro atoms. The Morgan fingerprint density at radius 3 is 2.27 bits per heavy atom. The van der Waals surface area contributed by atoms with E-state index < -0.39 is 0 Å². The Hall–Kier alpha value is -3.43. The Balaban J connectivity index is 2.52. The zero-order valence-electron chi connectivity index (χ0n) is 11.4. The maximum Gasteiger partial charge on any atom is 0.196 e. The number of nitriles is 2. The molecule has 0 aliphatic rings. The van der Waals surface area contributed by atoms with Gasteiger partial charge >= 0.3 is 0 Å². The van der Waals surface area contributed by atoms with Gasteiger partial charge in [-0.25, -0.2) is 0 Å². The Morgan fingerprint density at radius 1 is 0.818 bits per heavy atom. The van der Waals surface area contributed by atoms with E-state index in [9.17, 15) is 4.79 Å². The minimum absolute atomic E-state index is 0.127. The summed E-state index contributed by atoms with van der Waals surface area (Å²) in [6.45, 7) is 0. The van der Waals surface area contributed by atoms with E-state index in [4.69, 9.17) is 10.5 Å². The van der Waals surface area contributed by atoms with Crippen LogP contribution in [0.5, 0.6) is 0 Å². The lowest BCUT2D eigenvalue weighted by molar-refractivity contribution is 1.50. The molecule has 22 heavy (non-hydrogen) atoms. The maximum absolute atomic E-state index is 12.9. The summed E-state index contributed by atoms with van der Waals surface area (Å²) in [7, 11) is 0. The molecule has 0 aliphatic heterocycles. The number of hydrogen-bond acceptors (Lipinski definition) is 3. The predicted octanol–water partition coefficient (Wildman–Crippen LogP) is 2.86. The summed E-state index contributed by atoms with van der Waals surface area (Å²) in [4.78, 5) is 12.9. The van der Waals surface area contributed by atoms with Crippen LogP contribution in [0.2, 0.25) is 0 Å². The van der Waals surface area contributed by atoms with Gasteiger partial charge in [-0.15, -0.1) is 0 Å². The third-order valence-corrected chi connectivity index (χ3v) is 4.08. The summed E-state index contributed by atoms with van der Waals surface area (Å²) >= 11 is 0. The molecule has 0 aliphatic carbocycles. The highest BCUT2D eigenvalue weighted by molar-refractivity contribution is 6.23. The first-order chi connectivity index (χ1) is 10.8. The largest absolute Gasteiger partial charge is 0.288 e. The predicted molar refractivity (Wildman–Crippen MR) is 86.3 cm³/mol. The topological polar surface area (TPSA) is 64.7 Å². The lowest BCUT2D eigenvalue weighted by Gasteiger charge is -2.03. The van der Waals surface area contributed by atoms with Crippen molar-refractivity contribution < 1.29 is 0 Å². The van der Waals surface area contributed by atoms with Gasteiger partial charge in [0.2, 0.25) is 0 Å². The number of fused-ring (bicyclic) bond motifs is 2. The van der Waals surface area contributed by atoms with E-state index in [0.29, 0.717) is 10.8 Å². The molecule has 4 aromatic rings. The van der Waals surface area contributed by atoms with E-state index in [1.165, 1.54) is 0 Å². The first-order valence-electron chi connectivity index (χ1n) is 6.80. The fraction of sp³-hybridized carbons (Fsp3) is 0. The molecule has 0 radical (unpaired) electrons. The molecule has 0 bridgehead atoms. The first kappa shape index (κ1) is 12.3. The number of nitrogens with zero attached hydrogens (tertiary/aromatic N) is 2. The van der Waals surface area contributed by atoms with Crippen LogP contribution in [-0.4, -0.2) is 0 Å². The van der Waals surface area contributed by atoms with Crippen molar-refractivity contribution in [2.24, 2.45) is 0 Å². The second kappa shape index (κ2) is 4.28. The number of rotatable bonds is 0. The minimum atomic E-state index is -0.235. The molecule has 3 heteroatoms. The van der Waals surface area contributed by atoms with Gasteiger partial charge in [0.05, 0.1) is 5.22 Å². The Bertz CT molecular complexity index is 1240. The highest BCUT2D eigenvalue weighted by Gasteiger charge is 2.16.